The molecule has 0 bridgehead atoms. The standard InChI is InChI=1S/C14H25N3O/c1-10(2)12(7-8-15)17-14-13(18-11(3)4)6-5-9-16-14/h5-6,9-12H,7-8,15H2,1-4H3,(H,16,17). The van der Waals surface area contributed by atoms with Gasteiger partial charge in [-0.3, -0.25) is 0 Å². The van der Waals surface area contributed by atoms with E-state index < -0.39 is 0 Å². The highest BCUT2D eigenvalue weighted by Crippen LogP contribution is 2.24. The fourth-order valence-electron chi connectivity index (χ4n) is 1.78. The number of hydrogen-bond donors (Lipinski definition) is 2. The second-order valence-corrected chi connectivity index (χ2v) is 5.09. The maximum absolute atomic E-state index is 5.75. The Kier molecular flexibility index (Phi) is 5.92. The van der Waals surface area contributed by atoms with Crippen molar-refractivity contribution in [1.29, 1.82) is 0 Å². The third-order valence-electron chi connectivity index (χ3n) is 2.74. The van der Waals surface area contributed by atoms with Crippen molar-refractivity contribution in [3.63, 3.8) is 0 Å². The lowest BCUT2D eigenvalue weighted by molar-refractivity contribution is 0.242. The SMILES string of the molecule is CC(C)Oc1cccnc1NC(CCN)C(C)C. The Labute approximate surface area is 110 Å². The van der Waals surface area contributed by atoms with E-state index in [1.165, 1.54) is 0 Å². The average Bonchev–Trinajstić information content (AvgIpc) is 2.30. The molecule has 1 aromatic rings. The van der Waals surface area contributed by atoms with Crippen LogP contribution in [0.5, 0.6) is 5.75 Å². The minimum atomic E-state index is 0.141. The number of nitrogens with zero attached hydrogens (tertiary/aromatic N) is 1. The van der Waals surface area contributed by atoms with Crippen LogP contribution >= 0.6 is 0 Å². The summed E-state index contributed by atoms with van der Waals surface area (Å²) in [6.07, 6.45) is 2.84. The molecular weight excluding hydrogens is 226 g/mol. The molecule has 0 fully saturated rings. The van der Waals surface area contributed by atoms with Crippen molar-refractivity contribution in [2.24, 2.45) is 11.7 Å². The van der Waals surface area contributed by atoms with E-state index in [1.54, 1.807) is 6.20 Å². The number of pyridine rings is 1. The van der Waals surface area contributed by atoms with Crippen LogP contribution in [-0.4, -0.2) is 23.7 Å². The summed E-state index contributed by atoms with van der Waals surface area (Å²) < 4.78 is 5.75. The number of hydrogen-bond acceptors (Lipinski definition) is 4. The van der Waals surface area contributed by atoms with Gasteiger partial charge in [0.25, 0.3) is 0 Å². The van der Waals surface area contributed by atoms with E-state index in [0.29, 0.717) is 18.5 Å². The minimum absolute atomic E-state index is 0.141. The summed E-state index contributed by atoms with van der Waals surface area (Å²) in [6.45, 7) is 9.05. The third kappa shape index (κ3) is 4.53. The van der Waals surface area contributed by atoms with Gasteiger partial charge in [-0.25, -0.2) is 4.98 Å². The Morgan fingerprint density at radius 2 is 2.06 bits per heavy atom. The lowest BCUT2D eigenvalue weighted by atomic mass is 10.0. The van der Waals surface area contributed by atoms with Crippen LogP contribution in [0.3, 0.4) is 0 Å². The van der Waals surface area contributed by atoms with Crippen molar-refractivity contribution in [2.75, 3.05) is 11.9 Å². The van der Waals surface area contributed by atoms with Crippen LogP contribution in [-0.2, 0) is 0 Å². The Balaban J connectivity index is 2.81. The molecule has 102 valence electrons. The molecule has 1 rings (SSSR count). The molecule has 0 saturated carbocycles. The number of nitrogens with two attached hydrogens (primary N) is 1. The van der Waals surface area contributed by atoms with Gasteiger partial charge in [-0.15, -0.1) is 0 Å². The molecule has 3 N–H and O–H groups in total. The number of rotatable bonds is 7. The van der Waals surface area contributed by atoms with E-state index in [4.69, 9.17) is 10.5 Å². The van der Waals surface area contributed by atoms with Crippen LogP contribution in [0.1, 0.15) is 34.1 Å². The number of nitrogens with one attached hydrogen (secondary N) is 1. The molecule has 0 aromatic carbocycles. The summed E-state index contributed by atoms with van der Waals surface area (Å²) in [7, 11) is 0. The van der Waals surface area contributed by atoms with E-state index in [-0.39, 0.29) is 6.10 Å². The second-order valence-electron chi connectivity index (χ2n) is 5.09. The molecule has 0 saturated heterocycles. The molecule has 1 heterocycles. The molecule has 0 amide bonds. The summed E-state index contributed by atoms with van der Waals surface area (Å²) in [4.78, 5) is 4.36. The first-order valence-corrected chi connectivity index (χ1v) is 6.62. The zero-order valence-electron chi connectivity index (χ0n) is 11.8. The molecule has 1 atom stereocenters. The van der Waals surface area contributed by atoms with Crippen molar-refractivity contribution in [1.82, 2.24) is 4.98 Å². The van der Waals surface area contributed by atoms with Gasteiger partial charge < -0.3 is 15.8 Å². The van der Waals surface area contributed by atoms with Crippen LogP contribution in [0.4, 0.5) is 5.82 Å². The zero-order chi connectivity index (χ0) is 13.5. The lowest BCUT2D eigenvalue weighted by Crippen LogP contribution is -2.29. The van der Waals surface area contributed by atoms with Crippen molar-refractivity contribution in [2.45, 2.75) is 46.3 Å². The molecule has 0 spiro atoms. The van der Waals surface area contributed by atoms with Crippen molar-refractivity contribution < 1.29 is 4.74 Å². The highest BCUT2D eigenvalue weighted by atomic mass is 16.5. The van der Waals surface area contributed by atoms with E-state index >= 15 is 0 Å². The predicted molar refractivity (Wildman–Crippen MR) is 75.9 cm³/mol. The molecule has 1 aromatic heterocycles. The molecule has 4 heteroatoms. The second kappa shape index (κ2) is 7.21. The van der Waals surface area contributed by atoms with Gasteiger partial charge in [0.05, 0.1) is 6.10 Å². The van der Waals surface area contributed by atoms with Crippen LogP contribution in [0.2, 0.25) is 0 Å². The monoisotopic (exact) mass is 251 g/mol. The topological polar surface area (TPSA) is 60.2 Å². The molecule has 4 nitrogen and oxygen atoms in total. The Bertz CT molecular complexity index is 353. The molecule has 1 unspecified atom stereocenters. The Morgan fingerprint density at radius 3 is 2.61 bits per heavy atom. The zero-order valence-corrected chi connectivity index (χ0v) is 11.8. The molecule has 18 heavy (non-hydrogen) atoms. The van der Waals surface area contributed by atoms with Gasteiger partial charge in [-0.05, 0) is 44.9 Å². The first-order chi connectivity index (χ1) is 8.54. The first kappa shape index (κ1) is 14.8. The van der Waals surface area contributed by atoms with Crippen molar-refractivity contribution >= 4 is 5.82 Å². The summed E-state index contributed by atoms with van der Waals surface area (Å²) in [5, 5.41) is 3.44. The van der Waals surface area contributed by atoms with Crippen LogP contribution < -0.4 is 15.8 Å². The third-order valence-corrected chi connectivity index (χ3v) is 2.74. The van der Waals surface area contributed by atoms with Gasteiger partial charge in [0.1, 0.15) is 0 Å². The maximum Gasteiger partial charge on any atom is 0.168 e. The smallest absolute Gasteiger partial charge is 0.168 e. The van der Waals surface area contributed by atoms with E-state index in [9.17, 15) is 0 Å². The highest BCUT2D eigenvalue weighted by molar-refractivity contribution is 5.50. The van der Waals surface area contributed by atoms with E-state index in [0.717, 1.165) is 18.0 Å². The highest BCUT2D eigenvalue weighted by Gasteiger charge is 2.15. The van der Waals surface area contributed by atoms with Gasteiger partial charge in [0.2, 0.25) is 0 Å². The van der Waals surface area contributed by atoms with E-state index in [2.05, 4.69) is 24.1 Å². The Hall–Kier alpha value is -1.29. The average molecular weight is 251 g/mol. The summed E-state index contributed by atoms with van der Waals surface area (Å²) in [5.41, 5.74) is 5.65. The fraction of sp³-hybridized carbons (Fsp3) is 0.643. The fourth-order valence-corrected chi connectivity index (χ4v) is 1.78. The summed E-state index contributed by atoms with van der Waals surface area (Å²) in [5.74, 6) is 2.11. The normalized spacial score (nSPS) is 12.8. The van der Waals surface area contributed by atoms with Crippen molar-refractivity contribution in [3.8, 4) is 5.75 Å². The summed E-state index contributed by atoms with van der Waals surface area (Å²) in [6, 6.07) is 4.14. The van der Waals surface area contributed by atoms with Crippen LogP contribution in [0, 0.1) is 5.92 Å². The first-order valence-electron chi connectivity index (χ1n) is 6.62. The molecule has 0 aliphatic heterocycles. The lowest BCUT2D eigenvalue weighted by Gasteiger charge is -2.24. The number of aromatic nitrogens is 1. The minimum Gasteiger partial charge on any atom is -0.487 e. The maximum atomic E-state index is 5.75. The summed E-state index contributed by atoms with van der Waals surface area (Å²) >= 11 is 0. The molecular formula is C14H25N3O. The number of ether oxygens (including phenoxy) is 1. The van der Waals surface area contributed by atoms with Crippen molar-refractivity contribution in [3.05, 3.63) is 18.3 Å². The largest absolute Gasteiger partial charge is 0.487 e. The molecule has 0 radical (unpaired) electrons. The van der Waals surface area contributed by atoms with Gasteiger partial charge in [0.15, 0.2) is 11.6 Å². The van der Waals surface area contributed by atoms with Crippen LogP contribution in [0.25, 0.3) is 0 Å². The molecule has 0 aliphatic carbocycles. The van der Waals surface area contributed by atoms with Gasteiger partial charge in [-0.1, -0.05) is 13.8 Å². The van der Waals surface area contributed by atoms with Crippen LogP contribution in [0.15, 0.2) is 18.3 Å². The van der Waals surface area contributed by atoms with Gasteiger partial charge >= 0.3 is 0 Å². The quantitative estimate of drug-likeness (QED) is 0.782. The van der Waals surface area contributed by atoms with E-state index in [1.807, 2.05) is 26.0 Å². The predicted octanol–water partition coefficient (Wildman–Crippen LogP) is 2.65. The van der Waals surface area contributed by atoms with Gasteiger partial charge in [-0.2, -0.15) is 0 Å². The Morgan fingerprint density at radius 1 is 1.33 bits per heavy atom. The van der Waals surface area contributed by atoms with Gasteiger partial charge in [0, 0.05) is 12.2 Å². The molecule has 0 aliphatic rings. The number of anilines is 1.